The number of thioether (sulfide) groups is 1. The van der Waals surface area contributed by atoms with E-state index < -0.39 is 11.9 Å². The molecule has 2 rings (SSSR count). The van der Waals surface area contributed by atoms with Gasteiger partial charge in [-0.1, -0.05) is 23.2 Å². The summed E-state index contributed by atoms with van der Waals surface area (Å²) in [6.45, 7) is 3.27. The van der Waals surface area contributed by atoms with Gasteiger partial charge < -0.3 is 10.1 Å². The van der Waals surface area contributed by atoms with E-state index in [0.29, 0.717) is 26.3 Å². The number of ether oxygens (including phenoxy) is 1. The van der Waals surface area contributed by atoms with Crippen LogP contribution in [-0.4, -0.2) is 34.0 Å². The minimum absolute atomic E-state index is 0.0261. The summed E-state index contributed by atoms with van der Waals surface area (Å²) in [6, 6.07) is 4.99. The average Bonchev–Trinajstić information content (AvgIpc) is 2.80. The van der Waals surface area contributed by atoms with Crippen LogP contribution in [0.2, 0.25) is 10.0 Å². The SMILES string of the molecule is Cc1nn(C)c(C)c1NC(=O)COC(=O)CSc1cc(Cl)ccc1Cl. The number of rotatable bonds is 6. The van der Waals surface area contributed by atoms with Crippen LogP contribution in [-0.2, 0) is 21.4 Å². The fraction of sp³-hybridized carbons (Fsp3) is 0.312. The first-order valence-corrected chi connectivity index (χ1v) is 9.05. The Kier molecular flexibility index (Phi) is 6.75. The molecule has 6 nitrogen and oxygen atoms in total. The van der Waals surface area contributed by atoms with E-state index in [-0.39, 0.29) is 12.4 Å². The van der Waals surface area contributed by atoms with Crippen LogP contribution in [0.3, 0.4) is 0 Å². The third kappa shape index (κ3) is 5.39. The smallest absolute Gasteiger partial charge is 0.316 e. The third-order valence-corrected chi connectivity index (χ3v) is 5.08. The van der Waals surface area contributed by atoms with E-state index >= 15 is 0 Å². The molecule has 0 atom stereocenters. The van der Waals surface area contributed by atoms with Crippen molar-refractivity contribution in [2.75, 3.05) is 17.7 Å². The van der Waals surface area contributed by atoms with Gasteiger partial charge in [0.25, 0.3) is 5.91 Å². The zero-order valence-electron chi connectivity index (χ0n) is 13.9. The van der Waals surface area contributed by atoms with Crippen LogP contribution in [0, 0.1) is 13.8 Å². The molecule has 2 aromatic rings. The number of hydrogen-bond donors (Lipinski definition) is 1. The maximum Gasteiger partial charge on any atom is 0.316 e. The first kappa shape index (κ1) is 19.6. The van der Waals surface area contributed by atoms with Gasteiger partial charge >= 0.3 is 5.97 Å². The molecule has 1 aromatic carbocycles. The van der Waals surface area contributed by atoms with Gasteiger partial charge in [0.1, 0.15) is 0 Å². The van der Waals surface area contributed by atoms with E-state index in [1.54, 1.807) is 36.9 Å². The van der Waals surface area contributed by atoms with Crippen molar-refractivity contribution in [1.29, 1.82) is 0 Å². The Balaban J connectivity index is 1.81. The van der Waals surface area contributed by atoms with Gasteiger partial charge in [0.15, 0.2) is 6.61 Å². The molecule has 0 aliphatic carbocycles. The zero-order chi connectivity index (χ0) is 18.6. The van der Waals surface area contributed by atoms with Gasteiger partial charge in [-0.3, -0.25) is 14.3 Å². The predicted octanol–water partition coefficient (Wildman–Crippen LogP) is 3.62. The second-order valence-corrected chi connectivity index (χ2v) is 7.10. The number of nitrogens with one attached hydrogen (secondary N) is 1. The third-order valence-electron chi connectivity index (χ3n) is 3.38. The number of nitrogens with zero attached hydrogens (tertiary/aromatic N) is 2. The Hall–Kier alpha value is -1.70. The van der Waals surface area contributed by atoms with Crippen LogP contribution >= 0.6 is 35.0 Å². The van der Waals surface area contributed by atoms with Crippen LogP contribution in [0.25, 0.3) is 0 Å². The summed E-state index contributed by atoms with van der Waals surface area (Å²) in [4.78, 5) is 24.4. The molecule has 134 valence electrons. The predicted molar refractivity (Wildman–Crippen MR) is 99.5 cm³/mol. The summed E-state index contributed by atoms with van der Waals surface area (Å²) in [7, 11) is 1.79. The normalized spacial score (nSPS) is 10.6. The number of hydrogen-bond acceptors (Lipinski definition) is 5. The molecule has 1 heterocycles. The Bertz CT molecular complexity index is 808. The molecule has 0 unspecified atom stereocenters. The summed E-state index contributed by atoms with van der Waals surface area (Å²) < 4.78 is 6.65. The van der Waals surface area contributed by atoms with Crippen LogP contribution in [0.4, 0.5) is 5.69 Å². The van der Waals surface area contributed by atoms with Gasteiger partial charge in [-0.15, -0.1) is 11.8 Å². The summed E-state index contributed by atoms with van der Waals surface area (Å²) >= 11 is 13.1. The lowest BCUT2D eigenvalue weighted by atomic mass is 10.3. The largest absolute Gasteiger partial charge is 0.455 e. The standard InChI is InChI=1S/C16H17Cl2N3O3S/c1-9-16(10(2)21(3)20-9)19-14(22)7-24-15(23)8-25-13-6-11(17)4-5-12(13)18/h4-6H,7-8H2,1-3H3,(H,19,22). The molecule has 0 saturated heterocycles. The lowest BCUT2D eigenvalue weighted by Crippen LogP contribution is -2.22. The molecule has 0 spiro atoms. The Labute approximate surface area is 159 Å². The first-order valence-electron chi connectivity index (χ1n) is 7.31. The number of aryl methyl sites for hydroxylation is 2. The molecule has 0 saturated carbocycles. The number of amides is 1. The van der Waals surface area contributed by atoms with Gasteiger partial charge in [-0.05, 0) is 32.0 Å². The highest BCUT2D eigenvalue weighted by Crippen LogP contribution is 2.29. The highest BCUT2D eigenvalue weighted by Gasteiger charge is 2.14. The highest BCUT2D eigenvalue weighted by molar-refractivity contribution is 8.00. The topological polar surface area (TPSA) is 73.2 Å². The molecule has 1 N–H and O–H groups in total. The van der Waals surface area contributed by atoms with E-state index in [4.69, 9.17) is 27.9 Å². The fourth-order valence-electron chi connectivity index (χ4n) is 2.04. The molecule has 1 aromatic heterocycles. The second kappa shape index (κ2) is 8.60. The number of carbonyl (C=O) groups excluding carboxylic acids is 2. The van der Waals surface area contributed by atoms with Gasteiger partial charge in [-0.2, -0.15) is 5.10 Å². The molecule has 0 aliphatic heterocycles. The summed E-state index contributed by atoms with van der Waals surface area (Å²) in [5, 5.41) is 7.94. The van der Waals surface area contributed by atoms with Gasteiger partial charge in [0.2, 0.25) is 0 Å². The lowest BCUT2D eigenvalue weighted by Gasteiger charge is -2.08. The molecule has 0 fully saturated rings. The molecule has 0 bridgehead atoms. The maximum atomic E-state index is 11.9. The van der Waals surface area contributed by atoms with Crippen molar-refractivity contribution in [3.63, 3.8) is 0 Å². The maximum absolute atomic E-state index is 11.9. The molecule has 9 heteroatoms. The lowest BCUT2D eigenvalue weighted by molar-refractivity contribution is -0.144. The molecule has 25 heavy (non-hydrogen) atoms. The quantitative estimate of drug-likeness (QED) is 0.590. The van der Waals surface area contributed by atoms with Crippen LogP contribution in [0.15, 0.2) is 23.1 Å². The van der Waals surface area contributed by atoms with Crippen LogP contribution < -0.4 is 5.32 Å². The van der Waals surface area contributed by atoms with E-state index in [2.05, 4.69) is 10.4 Å². The van der Waals surface area contributed by atoms with Crippen molar-refractivity contribution in [3.05, 3.63) is 39.6 Å². The molecule has 1 amide bonds. The van der Waals surface area contributed by atoms with Crippen molar-refractivity contribution in [3.8, 4) is 0 Å². The van der Waals surface area contributed by atoms with E-state index in [9.17, 15) is 9.59 Å². The van der Waals surface area contributed by atoms with E-state index in [0.717, 1.165) is 5.69 Å². The number of aromatic nitrogens is 2. The summed E-state index contributed by atoms with van der Waals surface area (Å²) in [6.07, 6.45) is 0. The van der Waals surface area contributed by atoms with Gasteiger partial charge in [0, 0.05) is 17.0 Å². The van der Waals surface area contributed by atoms with Crippen molar-refractivity contribution >= 4 is 52.5 Å². The molecule has 0 radical (unpaired) electrons. The number of benzene rings is 1. The van der Waals surface area contributed by atoms with Crippen molar-refractivity contribution in [2.45, 2.75) is 18.7 Å². The molecule has 0 aliphatic rings. The molecular weight excluding hydrogens is 385 g/mol. The fourth-order valence-corrected chi connectivity index (χ4v) is 3.33. The van der Waals surface area contributed by atoms with Crippen molar-refractivity contribution in [2.24, 2.45) is 7.05 Å². The monoisotopic (exact) mass is 401 g/mol. The Morgan fingerprint density at radius 1 is 1.32 bits per heavy atom. The van der Waals surface area contributed by atoms with E-state index in [1.807, 2.05) is 6.92 Å². The first-order chi connectivity index (χ1) is 11.8. The van der Waals surface area contributed by atoms with E-state index in [1.165, 1.54) is 11.8 Å². The second-order valence-electron chi connectivity index (χ2n) is 5.24. The summed E-state index contributed by atoms with van der Waals surface area (Å²) in [5.41, 5.74) is 2.15. The Morgan fingerprint density at radius 2 is 2.04 bits per heavy atom. The molecular formula is C16H17Cl2N3O3S. The highest BCUT2D eigenvalue weighted by atomic mass is 35.5. The van der Waals surface area contributed by atoms with Crippen molar-refractivity contribution < 1.29 is 14.3 Å². The number of carbonyl (C=O) groups is 2. The van der Waals surface area contributed by atoms with Crippen LogP contribution in [0.1, 0.15) is 11.4 Å². The minimum atomic E-state index is -0.518. The Morgan fingerprint density at radius 3 is 2.68 bits per heavy atom. The number of esters is 1. The minimum Gasteiger partial charge on any atom is -0.455 e. The average molecular weight is 402 g/mol. The van der Waals surface area contributed by atoms with Gasteiger partial charge in [0.05, 0.1) is 27.9 Å². The van der Waals surface area contributed by atoms with Gasteiger partial charge in [-0.25, -0.2) is 0 Å². The zero-order valence-corrected chi connectivity index (χ0v) is 16.3. The number of halogens is 2. The summed E-state index contributed by atoms with van der Waals surface area (Å²) in [5.74, 6) is -0.910. The number of anilines is 1. The van der Waals surface area contributed by atoms with Crippen molar-refractivity contribution in [1.82, 2.24) is 9.78 Å². The van der Waals surface area contributed by atoms with Crippen LogP contribution in [0.5, 0.6) is 0 Å².